The van der Waals surface area contributed by atoms with Crippen molar-refractivity contribution >= 4 is 11.9 Å². The van der Waals surface area contributed by atoms with Crippen LogP contribution in [0.1, 0.15) is 32.6 Å². The summed E-state index contributed by atoms with van der Waals surface area (Å²) in [5, 5.41) is 14.6. The molecule has 1 aliphatic rings. The quantitative estimate of drug-likeness (QED) is 0.594. The van der Waals surface area contributed by atoms with Crippen molar-refractivity contribution in [3.8, 4) is 0 Å². The molecule has 1 unspecified atom stereocenters. The van der Waals surface area contributed by atoms with Crippen molar-refractivity contribution in [2.24, 2.45) is 5.92 Å². The van der Waals surface area contributed by atoms with E-state index in [4.69, 9.17) is 9.84 Å². The van der Waals surface area contributed by atoms with Gasteiger partial charge in [0.1, 0.15) is 6.61 Å². The summed E-state index contributed by atoms with van der Waals surface area (Å²) in [5.41, 5.74) is 0. The average molecular weight is 272 g/mol. The average Bonchev–Trinajstić information content (AvgIpc) is 2.41. The molecule has 1 saturated heterocycles. The summed E-state index contributed by atoms with van der Waals surface area (Å²) in [6.45, 7) is 4.41. The number of hydrogen-bond donors (Lipinski definition) is 3. The molecule has 0 aliphatic carbocycles. The highest BCUT2D eigenvalue weighted by molar-refractivity contribution is 5.77. The molecule has 0 bridgehead atoms. The van der Waals surface area contributed by atoms with Gasteiger partial charge in [0.15, 0.2) is 0 Å². The van der Waals surface area contributed by atoms with E-state index in [1.807, 2.05) is 6.92 Å². The van der Waals surface area contributed by atoms with Crippen LogP contribution in [0.25, 0.3) is 0 Å². The first-order chi connectivity index (χ1) is 9.08. The molecule has 1 rings (SSSR count). The number of carboxylic acid groups (broad SMARTS) is 1. The van der Waals surface area contributed by atoms with E-state index in [2.05, 4.69) is 10.6 Å². The van der Waals surface area contributed by atoms with E-state index < -0.39 is 5.97 Å². The molecule has 3 N–H and O–H groups in total. The Bertz CT molecular complexity index is 290. The number of rotatable bonds is 8. The molecule has 0 aromatic rings. The van der Waals surface area contributed by atoms with E-state index in [1.165, 1.54) is 0 Å². The third-order valence-corrected chi connectivity index (χ3v) is 3.24. The number of carboxylic acids is 1. The van der Waals surface area contributed by atoms with Gasteiger partial charge in [0.05, 0.1) is 6.10 Å². The smallest absolute Gasteiger partial charge is 0.303 e. The van der Waals surface area contributed by atoms with E-state index in [-0.39, 0.29) is 31.0 Å². The second-order valence-electron chi connectivity index (χ2n) is 5.10. The maximum atomic E-state index is 11.6. The van der Waals surface area contributed by atoms with Crippen molar-refractivity contribution in [1.82, 2.24) is 10.6 Å². The second-order valence-corrected chi connectivity index (χ2v) is 5.10. The molecule has 1 fully saturated rings. The van der Waals surface area contributed by atoms with E-state index in [1.54, 1.807) is 0 Å². The summed E-state index contributed by atoms with van der Waals surface area (Å²) in [5.74, 6) is -0.757. The predicted molar refractivity (Wildman–Crippen MR) is 70.9 cm³/mol. The molecule has 1 heterocycles. The second kappa shape index (κ2) is 8.87. The highest BCUT2D eigenvalue weighted by atomic mass is 16.5. The summed E-state index contributed by atoms with van der Waals surface area (Å²) >= 11 is 0. The highest BCUT2D eigenvalue weighted by Crippen LogP contribution is 2.07. The molecule has 1 amide bonds. The first-order valence-electron chi connectivity index (χ1n) is 6.88. The Hall–Kier alpha value is -1.14. The lowest BCUT2D eigenvalue weighted by molar-refractivity contribution is -0.137. The standard InChI is InChI=1S/C13H24N2O4/c1-10(2-3-13(17)18)8-15-12(16)9-19-11-4-6-14-7-5-11/h10-11,14H,2-9H2,1H3,(H,15,16)(H,17,18). The maximum Gasteiger partial charge on any atom is 0.303 e. The van der Waals surface area contributed by atoms with Crippen LogP contribution in [-0.2, 0) is 14.3 Å². The van der Waals surface area contributed by atoms with Crippen LogP contribution in [0.15, 0.2) is 0 Å². The maximum absolute atomic E-state index is 11.6. The molecule has 6 nitrogen and oxygen atoms in total. The summed E-state index contributed by atoms with van der Waals surface area (Å²) in [7, 11) is 0. The van der Waals surface area contributed by atoms with Crippen LogP contribution in [0, 0.1) is 5.92 Å². The van der Waals surface area contributed by atoms with Gasteiger partial charge in [-0.2, -0.15) is 0 Å². The Morgan fingerprint density at radius 1 is 1.42 bits per heavy atom. The number of hydrogen-bond acceptors (Lipinski definition) is 4. The summed E-state index contributed by atoms with van der Waals surface area (Å²) < 4.78 is 5.53. The van der Waals surface area contributed by atoms with Gasteiger partial charge in [0.2, 0.25) is 5.91 Å². The molecule has 6 heteroatoms. The van der Waals surface area contributed by atoms with Crippen LogP contribution < -0.4 is 10.6 Å². The lowest BCUT2D eigenvalue weighted by atomic mass is 10.1. The number of carbonyl (C=O) groups excluding carboxylic acids is 1. The fourth-order valence-electron chi connectivity index (χ4n) is 1.97. The third kappa shape index (κ3) is 7.79. The number of aliphatic carboxylic acids is 1. The van der Waals surface area contributed by atoms with Crippen LogP contribution in [0.5, 0.6) is 0 Å². The summed E-state index contributed by atoms with van der Waals surface area (Å²) in [6, 6.07) is 0. The van der Waals surface area contributed by atoms with Gasteiger partial charge >= 0.3 is 5.97 Å². The van der Waals surface area contributed by atoms with Crippen molar-refractivity contribution in [1.29, 1.82) is 0 Å². The molecule has 0 aromatic carbocycles. The van der Waals surface area contributed by atoms with E-state index in [9.17, 15) is 9.59 Å². The van der Waals surface area contributed by atoms with E-state index in [0.29, 0.717) is 13.0 Å². The predicted octanol–water partition coefficient (Wildman–Crippen LogP) is 0.372. The molecule has 1 atom stereocenters. The topological polar surface area (TPSA) is 87.7 Å². The summed E-state index contributed by atoms with van der Waals surface area (Å²) in [6.07, 6.45) is 2.79. The number of amides is 1. The molecule has 110 valence electrons. The van der Waals surface area contributed by atoms with Crippen LogP contribution in [0.3, 0.4) is 0 Å². The van der Waals surface area contributed by atoms with Gasteiger partial charge in [0.25, 0.3) is 0 Å². The number of carbonyl (C=O) groups is 2. The Morgan fingerprint density at radius 2 is 2.11 bits per heavy atom. The monoisotopic (exact) mass is 272 g/mol. The highest BCUT2D eigenvalue weighted by Gasteiger charge is 2.15. The van der Waals surface area contributed by atoms with Crippen molar-refractivity contribution in [2.75, 3.05) is 26.2 Å². The Morgan fingerprint density at radius 3 is 2.74 bits per heavy atom. The van der Waals surface area contributed by atoms with Gasteiger partial charge in [-0.3, -0.25) is 9.59 Å². The van der Waals surface area contributed by atoms with Crippen molar-refractivity contribution in [3.05, 3.63) is 0 Å². The van der Waals surface area contributed by atoms with Gasteiger partial charge < -0.3 is 20.5 Å². The lowest BCUT2D eigenvalue weighted by Gasteiger charge is -2.22. The molecule has 0 saturated carbocycles. The zero-order valence-electron chi connectivity index (χ0n) is 11.5. The zero-order valence-corrected chi connectivity index (χ0v) is 11.5. The van der Waals surface area contributed by atoms with Gasteiger partial charge in [-0.25, -0.2) is 0 Å². The van der Waals surface area contributed by atoms with Crippen LogP contribution in [0.4, 0.5) is 0 Å². The fraction of sp³-hybridized carbons (Fsp3) is 0.846. The van der Waals surface area contributed by atoms with Crippen molar-refractivity contribution < 1.29 is 19.4 Å². The van der Waals surface area contributed by atoms with Gasteiger partial charge in [-0.05, 0) is 38.3 Å². The largest absolute Gasteiger partial charge is 0.481 e. The first kappa shape index (κ1) is 15.9. The van der Waals surface area contributed by atoms with E-state index in [0.717, 1.165) is 25.9 Å². The SMILES string of the molecule is CC(CCC(=O)O)CNC(=O)COC1CCNCC1. The van der Waals surface area contributed by atoms with Gasteiger partial charge in [0, 0.05) is 13.0 Å². The first-order valence-corrected chi connectivity index (χ1v) is 6.88. The van der Waals surface area contributed by atoms with Crippen molar-refractivity contribution in [2.45, 2.75) is 38.7 Å². The zero-order chi connectivity index (χ0) is 14.1. The molecule has 0 spiro atoms. The van der Waals surface area contributed by atoms with Gasteiger partial charge in [-0.1, -0.05) is 6.92 Å². The van der Waals surface area contributed by atoms with Crippen LogP contribution in [0.2, 0.25) is 0 Å². The Labute approximate surface area is 113 Å². The number of ether oxygens (including phenoxy) is 1. The van der Waals surface area contributed by atoms with Gasteiger partial charge in [-0.15, -0.1) is 0 Å². The number of nitrogens with one attached hydrogen (secondary N) is 2. The Kier molecular flexibility index (Phi) is 7.43. The number of piperidine rings is 1. The molecule has 0 aromatic heterocycles. The molecule has 1 aliphatic heterocycles. The Balaban J connectivity index is 2.05. The minimum atomic E-state index is -0.799. The molecular weight excluding hydrogens is 248 g/mol. The minimum absolute atomic E-state index is 0.0936. The molecule has 0 radical (unpaired) electrons. The minimum Gasteiger partial charge on any atom is -0.481 e. The lowest BCUT2D eigenvalue weighted by Crippen LogP contribution is -2.36. The van der Waals surface area contributed by atoms with Crippen LogP contribution in [-0.4, -0.2) is 49.3 Å². The normalized spacial score (nSPS) is 17.9. The van der Waals surface area contributed by atoms with Crippen molar-refractivity contribution in [3.63, 3.8) is 0 Å². The third-order valence-electron chi connectivity index (χ3n) is 3.24. The summed E-state index contributed by atoms with van der Waals surface area (Å²) in [4.78, 5) is 22.0. The molecular formula is C13H24N2O4. The van der Waals surface area contributed by atoms with E-state index >= 15 is 0 Å². The molecule has 19 heavy (non-hydrogen) atoms. The fourth-order valence-corrected chi connectivity index (χ4v) is 1.97. The van der Waals surface area contributed by atoms with Crippen LogP contribution >= 0.6 is 0 Å².